The third-order valence-corrected chi connectivity index (χ3v) is 13.9. The number of carbonyl (C=O) groups excluding carboxylic acids is 2. The maximum Gasteiger partial charge on any atom is 0.459 e. The Morgan fingerprint density at radius 2 is 1.19 bits per heavy atom. The molecule has 0 saturated carbocycles. The molecule has 0 aliphatic carbocycles. The van der Waals surface area contributed by atoms with Gasteiger partial charge in [-0.3, -0.25) is 23.2 Å². The van der Waals surface area contributed by atoms with Crippen LogP contribution in [0.3, 0.4) is 0 Å². The molecule has 6 rings (SSSR count). The van der Waals surface area contributed by atoms with Crippen LogP contribution in [0.4, 0.5) is 11.6 Å². The lowest BCUT2D eigenvalue weighted by Gasteiger charge is -2.28. The number of hydrogen-bond acceptors (Lipinski definition) is 22. The molecule has 0 spiro atoms. The number of halogens is 1. The first-order chi connectivity index (χ1) is 34.4. The van der Waals surface area contributed by atoms with E-state index in [1.165, 1.54) is 71.5 Å². The van der Waals surface area contributed by atoms with Crippen LogP contribution in [0, 0.1) is 0 Å². The fourth-order valence-corrected chi connectivity index (χ4v) is 10.0. The van der Waals surface area contributed by atoms with E-state index in [2.05, 4.69) is 49.7 Å². The minimum atomic E-state index is -4.25. The molecule has 2 aliphatic heterocycles. The van der Waals surface area contributed by atoms with Gasteiger partial charge in [-0.05, 0) is 75.2 Å². The Morgan fingerprint density at radius 1 is 0.781 bits per heavy atom. The largest absolute Gasteiger partial charge is 0.468 e. The van der Waals surface area contributed by atoms with Crippen molar-refractivity contribution in [2.75, 3.05) is 38.9 Å². The Kier molecular flexibility index (Phi) is 20.9. The van der Waals surface area contributed by atoms with Crippen molar-refractivity contribution in [2.45, 2.75) is 87.7 Å². The van der Waals surface area contributed by atoms with Crippen LogP contribution < -0.4 is 42.1 Å². The Balaban J connectivity index is 0.000000262. The normalized spacial score (nSPS) is 25.4. The molecule has 0 amide bonds. The second-order valence-corrected chi connectivity index (χ2v) is 20.3. The highest BCUT2D eigenvalue weighted by molar-refractivity contribution is 7.84. The van der Waals surface area contributed by atoms with Gasteiger partial charge in [0.2, 0.25) is 0 Å². The third kappa shape index (κ3) is 15.2. The number of nitrogens with one attached hydrogen (secondary N) is 2. The summed E-state index contributed by atoms with van der Waals surface area (Å²) < 4.78 is 63.9. The number of aromatic nitrogens is 4. The molecule has 0 radical (unpaired) electrons. The quantitative estimate of drug-likeness (QED) is 0.0247. The van der Waals surface area contributed by atoms with Crippen LogP contribution in [-0.2, 0) is 42.2 Å². The summed E-state index contributed by atoms with van der Waals surface area (Å²) in [7, 11) is -1.85. The maximum atomic E-state index is 13.5. The van der Waals surface area contributed by atoms with Gasteiger partial charge in [0.05, 0.1) is 39.6 Å². The summed E-state index contributed by atoms with van der Waals surface area (Å²) in [6.45, 7) is 1.04. The molecule has 33 heteroatoms. The van der Waals surface area contributed by atoms with Crippen molar-refractivity contribution in [1.29, 1.82) is 0 Å². The highest BCUT2D eigenvalue weighted by atomic mass is 35.7. The molecule has 73 heavy (non-hydrogen) atoms. The molecule has 9 N–H and O–H groups in total. The standard InChI is InChI=1S/C20H26N7O8P.C10H13ClNO4P.C10H14N6O4/c1-12(17(29)32-3)24-36(31,35-13-7-5-4-6-8-13)33-11-14-16(28)20(2,25-26-22)18(34-14)27-10-9-15(21)23-19(27)30;1-8(10(13)15-2)12-17(11,14)16-9-6-4-3-5-7-9;1-10(14-15-12)7(18)5(4-17)20-8(10)16-3-2-6(11)13-9(16)19/h4-10,12,14,16,18,28H,11H2,1-3H3,(H,24,31)(H2,21,23,30);3-8H,1-2H3,(H,12,14);2-3,5,7-8,17-18H,4H2,1H3,(H2,11,13,19)/t12-,14+,16+,18+,20+,36?;8-,17?;5-,7-,8-,10-/m001/s1. The molecular formula is C40H53ClN14O16P2. The topological polar surface area (TPSA) is 437 Å². The Bertz CT molecular complexity index is 2850. The van der Waals surface area contributed by atoms with Gasteiger partial charge in [0.25, 0.3) is 0 Å². The molecule has 2 aromatic heterocycles. The number of azide groups is 2. The Morgan fingerprint density at radius 3 is 1.60 bits per heavy atom. The van der Waals surface area contributed by atoms with Gasteiger partial charge < -0.3 is 54.8 Å². The number of carbonyl (C=O) groups is 2. The molecule has 396 valence electrons. The highest BCUT2D eigenvalue weighted by Crippen LogP contribution is 2.49. The number of nitrogens with two attached hydrogens (primary N) is 2. The second-order valence-electron chi connectivity index (χ2n) is 15.9. The van der Waals surface area contributed by atoms with Crippen LogP contribution in [0.1, 0.15) is 40.2 Å². The van der Waals surface area contributed by atoms with Crippen LogP contribution in [0.25, 0.3) is 20.9 Å². The first-order valence-corrected chi connectivity index (χ1v) is 25.3. The first kappa shape index (κ1) is 59.0. The smallest absolute Gasteiger partial charge is 0.459 e. The fourth-order valence-electron chi connectivity index (χ4n) is 6.84. The zero-order valence-corrected chi connectivity index (χ0v) is 42.2. The SMILES string of the molecule is COC(=O)[C@H](C)NP(=O)(Cl)Oc1ccccc1.COC(=O)[C@H](C)NP(=O)(OC[C@H]1O[C@@H](n2ccc(N)nc2=O)[C@](C)(N=[N+]=[N-])[C@@H]1O)Oc1ccccc1.C[C@@]1(N=[N+]=[N-])[C@H](O)[C@@H](CO)O[C@H]1n1ccc(N)nc1=O. The van der Waals surface area contributed by atoms with E-state index in [1.807, 2.05) is 0 Å². The van der Waals surface area contributed by atoms with Crippen LogP contribution in [0.2, 0.25) is 0 Å². The van der Waals surface area contributed by atoms with Gasteiger partial charge in [0.15, 0.2) is 12.5 Å². The van der Waals surface area contributed by atoms with Crippen molar-refractivity contribution >= 4 is 49.4 Å². The van der Waals surface area contributed by atoms with Crippen molar-refractivity contribution in [3.8, 4) is 11.5 Å². The monoisotopic (exact) mass is 1080 g/mol. The highest BCUT2D eigenvalue weighted by Gasteiger charge is 2.56. The predicted molar refractivity (Wildman–Crippen MR) is 258 cm³/mol. The lowest BCUT2D eigenvalue weighted by molar-refractivity contribution is -0.143. The van der Waals surface area contributed by atoms with E-state index in [4.69, 9.17) is 56.8 Å². The molecule has 2 aromatic carbocycles. The minimum absolute atomic E-state index is 0.0361. The number of hydrogen-bond donors (Lipinski definition) is 7. The summed E-state index contributed by atoms with van der Waals surface area (Å²) in [6, 6.07) is 17.3. The first-order valence-electron chi connectivity index (χ1n) is 21.3. The molecule has 4 aromatic rings. The molecule has 2 unspecified atom stereocenters. The summed E-state index contributed by atoms with van der Waals surface area (Å²) in [5.74, 6) is -0.759. The van der Waals surface area contributed by atoms with Gasteiger partial charge in [-0.1, -0.05) is 46.6 Å². The lowest BCUT2D eigenvalue weighted by atomic mass is 9.93. The summed E-state index contributed by atoms with van der Waals surface area (Å²) in [4.78, 5) is 59.9. The van der Waals surface area contributed by atoms with Crippen molar-refractivity contribution < 1.29 is 66.6 Å². The van der Waals surface area contributed by atoms with Gasteiger partial charge in [-0.25, -0.2) is 23.8 Å². The zero-order valence-electron chi connectivity index (χ0n) is 39.7. The molecule has 2 fully saturated rings. The third-order valence-electron chi connectivity index (χ3n) is 10.6. The molecule has 30 nitrogen and oxygen atoms in total. The Labute approximate surface area is 419 Å². The number of ether oxygens (including phenoxy) is 4. The van der Waals surface area contributed by atoms with E-state index < -0.39 is 111 Å². The number of anilines is 2. The van der Waals surface area contributed by atoms with Gasteiger partial charge in [0.1, 0.15) is 58.5 Å². The summed E-state index contributed by atoms with van der Waals surface area (Å²) in [6.07, 6.45) is -4.77. The molecule has 2 saturated heterocycles. The van der Waals surface area contributed by atoms with E-state index in [0.29, 0.717) is 5.75 Å². The van der Waals surface area contributed by atoms with Gasteiger partial charge in [0, 0.05) is 33.5 Å². The maximum absolute atomic E-state index is 13.5. The van der Waals surface area contributed by atoms with Crippen LogP contribution >= 0.6 is 25.9 Å². The van der Waals surface area contributed by atoms with Gasteiger partial charge >= 0.3 is 37.9 Å². The van der Waals surface area contributed by atoms with Crippen LogP contribution in [-0.4, -0.2) is 121 Å². The lowest BCUT2D eigenvalue weighted by Crippen LogP contribution is -2.45. The number of para-hydroxylation sites is 2. The summed E-state index contributed by atoms with van der Waals surface area (Å²) in [5, 5.41) is 42.3. The van der Waals surface area contributed by atoms with Crippen molar-refractivity contribution in [1.82, 2.24) is 29.3 Å². The molecule has 12 atom stereocenters. The average Bonchev–Trinajstić information content (AvgIpc) is 3.74. The number of benzene rings is 2. The second kappa shape index (κ2) is 25.9. The Hall–Kier alpha value is -6.61. The van der Waals surface area contributed by atoms with E-state index in [1.54, 1.807) is 48.5 Å². The number of aliphatic hydroxyl groups excluding tert-OH is 3. The summed E-state index contributed by atoms with van der Waals surface area (Å²) in [5.41, 5.74) is 24.0. The zero-order chi connectivity index (χ0) is 54.3. The number of nitrogen functional groups attached to an aromatic ring is 2. The van der Waals surface area contributed by atoms with Gasteiger partial charge in [-0.15, -0.1) is 0 Å². The number of esters is 2. The van der Waals surface area contributed by atoms with E-state index in [-0.39, 0.29) is 17.4 Å². The number of aliphatic hydroxyl groups is 3. The number of nitrogens with zero attached hydrogens (tertiary/aromatic N) is 10. The minimum Gasteiger partial charge on any atom is -0.468 e. The average molecular weight is 1080 g/mol. The fraction of sp³-hybridized carbons (Fsp3) is 0.450. The summed E-state index contributed by atoms with van der Waals surface area (Å²) >= 11 is 5.68. The van der Waals surface area contributed by atoms with Crippen LogP contribution in [0.5, 0.6) is 11.5 Å². The van der Waals surface area contributed by atoms with Gasteiger partial charge in [-0.2, -0.15) is 15.1 Å². The molecule has 4 heterocycles. The molecule has 2 aliphatic rings. The van der Waals surface area contributed by atoms with Crippen LogP contribution in [0.15, 0.2) is 105 Å². The van der Waals surface area contributed by atoms with E-state index in [0.717, 1.165) is 16.2 Å². The van der Waals surface area contributed by atoms with Crippen molar-refractivity contribution in [2.24, 2.45) is 10.2 Å². The predicted octanol–water partition coefficient (Wildman–Crippen LogP) is 3.22. The number of methoxy groups -OCH3 is 2. The number of rotatable bonds is 18. The van der Waals surface area contributed by atoms with E-state index >= 15 is 0 Å². The molecule has 0 bridgehead atoms. The van der Waals surface area contributed by atoms with E-state index in [9.17, 15) is 43.6 Å². The molecular weight excluding hydrogens is 1030 g/mol. The van der Waals surface area contributed by atoms with Crippen molar-refractivity contribution in [3.05, 3.63) is 127 Å². The van der Waals surface area contributed by atoms with Crippen molar-refractivity contribution in [3.63, 3.8) is 0 Å².